The molecule has 1 aliphatic carbocycles. The van der Waals surface area contributed by atoms with Gasteiger partial charge in [0.05, 0.1) is 39.2 Å². The van der Waals surface area contributed by atoms with Gasteiger partial charge in [-0.1, -0.05) is 29.8 Å². The number of benzene rings is 3. The number of nitrogens with zero attached hydrogens (tertiary/aromatic N) is 2. The fourth-order valence-corrected chi connectivity index (χ4v) is 4.55. The van der Waals surface area contributed by atoms with E-state index in [1.807, 2.05) is 0 Å². The van der Waals surface area contributed by atoms with Crippen molar-refractivity contribution in [2.24, 2.45) is 5.41 Å². The summed E-state index contributed by atoms with van der Waals surface area (Å²) in [5.74, 6) is -1.77. The van der Waals surface area contributed by atoms with Gasteiger partial charge in [0.25, 0.3) is 5.91 Å². The number of aromatic nitrogens is 2. The molecule has 0 saturated heterocycles. The summed E-state index contributed by atoms with van der Waals surface area (Å²) in [4.78, 5) is 25.3. The highest BCUT2D eigenvalue weighted by Gasteiger charge is 2.68. The van der Waals surface area contributed by atoms with Gasteiger partial charge >= 0.3 is 12.4 Å². The molecule has 2 N–H and O–H groups in total. The van der Waals surface area contributed by atoms with Gasteiger partial charge in [0.2, 0.25) is 5.91 Å². The molecule has 1 aromatic heterocycles. The van der Waals surface area contributed by atoms with Crippen LogP contribution in [0.4, 0.5) is 32.0 Å². The van der Waals surface area contributed by atoms with Crippen LogP contribution in [-0.2, 0) is 17.5 Å². The first-order chi connectivity index (χ1) is 18.8. The fraction of sp³-hybridized carbons (Fsp3) is 0.222. The predicted octanol–water partition coefficient (Wildman–Crippen LogP) is 6.91. The van der Waals surface area contributed by atoms with Crippen LogP contribution in [0, 0.1) is 5.41 Å². The van der Waals surface area contributed by atoms with Crippen LogP contribution in [0.1, 0.15) is 34.3 Å². The van der Waals surface area contributed by atoms with Crippen LogP contribution in [0.5, 0.6) is 0 Å². The highest BCUT2D eigenvalue weighted by atomic mass is 35.5. The van der Waals surface area contributed by atoms with Gasteiger partial charge in [0.15, 0.2) is 0 Å². The Morgan fingerprint density at radius 2 is 1.70 bits per heavy atom. The largest absolute Gasteiger partial charge is 0.416 e. The first kappa shape index (κ1) is 27.5. The maximum atomic E-state index is 13.2. The molecule has 1 saturated carbocycles. The van der Waals surface area contributed by atoms with Crippen molar-refractivity contribution in [2.75, 3.05) is 5.32 Å². The number of hydrogen-bond acceptors (Lipinski definition) is 3. The molecule has 0 aliphatic heterocycles. The number of carbonyl (C=O) groups excluding carboxylic acids is 2. The Balaban J connectivity index is 1.36. The second-order valence-corrected chi connectivity index (χ2v) is 9.78. The monoisotopic (exact) mass is 580 g/mol. The quantitative estimate of drug-likeness (QED) is 0.243. The molecule has 1 heterocycles. The Bertz CT molecular complexity index is 1630. The molecule has 13 heteroatoms. The lowest BCUT2D eigenvalue weighted by Crippen LogP contribution is -2.40. The Kier molecular flexibility index (Phi) is 6.77. The Morgan fingerprint density at radius 3 is 2.38 bits per heavy atom. The molecule has 0 radical (unpaired) electrons. The highest BCUT2D eigenvalue weighted by Crippen LogP contribution is 2.57. The second-order valence-electron chi connectivity index (χ2n) is 9.37. The van der Waals surface area contributed by atoms with Gasteiger partial charge < -0.3 is 10.6 Å². The summed E-state index contributed by atoms with van der Waals surface area (Å²) in [5, 5.41) is 9.68. The van der Waals surface area contributed by atoms with Crippen molar-refractivity contribution in [3.63, 3.8) is 0 Å². The molecule has 4 aromatic rings. The van der Waals surface area contributed by atoms with E-state index in [0.717, 1.165) is 12.1 Å². The molecule has 0 bridgehead atoms. The maximum absolute atomic E-state index is 13.2. The van der Waals surface area contributed by atoms with E-state index in [-0.39, 0.29) is 35.7 Å². The van der Waals surface area contributed by atoms with E-state index in [1.165, 1.54) is 41.2 Å². The van der Waals surface area contributed by atoms with Crippen molar-refractivity contribution in [1.82, 2.24) is 15.1 Å². The van der Waals surface area contributed by atoms with Crippen molar-refractivity contribution < 1.29 is 35.9 Å². The van der Waals surface area contributed by atoms with Gasteiger partial charge in [-0.15, -0.1) is 0 Å². The molecule has 0 spiro atoms. The minimum Gasteiger partial charge on any atom is -0.351 e. The molecule has 3 aromatic carbocycles. The number of nitrogens with one attached hydrogen (secondary N) is 2. The van der Waals surface area contributed by atoms with Gasteiger partial charge in [-0.2, -0.15) is 31.4 Å². The van der Waals surface area contributed by atoms with E-state index < -0.39 is 35.1 Å². The van der Waals surface area contributed by atoms with Gasteiger partial charge in [0.1, 0.15) is 5.41 Å². The van der Waals surface area contributed by atoms with E-state index in [9.17, 15) is 35.9 Å². The van der Waals surface area contributed by atoms with E-state index in [4.69, 9.17) is 11.6 Å². The molecule has 0 atom stereocenters. The van der Waals surface area contributed by atoms with Crippen LogP contribution in [0.2, 0.25) is 5.02 Å². The lowest BCUT2D eigenvalue weighted by Gasteiger charge is -2.18. The normalized spacial score (nSPS) is 14.7. The molecular formula is C27H19ClF6N4O2. The third-order valence-electron chi connectivity index (χ3n) is 6.74. The molecule has 40 heavy (non-hydrogen) atoms. The first-order valence-corrected chi connectivity index (χ1v) is 12.3. The summed E-state index contributed by atoms with van der Waals surface area (Å²) < 4.78 is 80.5. The highest BCUT2D eigenvalue weighted by molar-refractivity contribution is 6.34. The van der Waals surface area contributed by atoms with Crippen LogP contribution in [0.25, 0.3) is 16.6 Å². The first-order valence-electron chi connectivity index (χ1n) is 11.9. The maximum Gasteiger partial charge on any atom is 0.416 e. The van der Waals surface area contributed by atoms with Crippen molar-refractivity contribution in [3.8, 4) is 5.69 Å². The lowest BCUT2D eigenvalue weighted by atomic mass is 10.1. The number of carbonyl (C=O) groups is 2. The average molecular weight is 581 g/mol. The van der Waals surface area contributed by atoms with Crippen molar-refractivity contribution in [1.29, 1.82) is 0 Å². The smallest absolute Gasteiger partial charge is 0.351 e. The molecular weight excluding hydrogens is 562 g/mol. The van der Waals surface area contributed by atoms with Crippen LogP contribution < -0.4 is 10.6 Å². The third kappa shape index (κ3) is 5.10. The number of halogens is 7. The van der Waals surface area contributed by atoms with Gasteiger partial charge in [-0.3, -0.25) is 9.59 Å². The summed E-state index contributed by atoms with van der Waals surface area (Å²) in [6.45, 7) is -0.243. The SMILES string of the molecule is O=C(Nc1cccc2c1cnn2-c1cccc(C(F)(F)F)c1)c1cc(CNC(=O)C2(C(F)(F)F)CC2)ccc1Cl. The zero-order valence-electron chi connectivity index (χ0n) is 20.3. The lowest BCUT2D eigenvalue weighted by molar-refractivity contribution is -0.192. The molecule has 2 amide bonds. The standard InChI is InChI=1S/C27H19ClF6N4O2/c28-20-8-7-15(13-35-24(40)25(9-10-25)27(32,33)34)11-18(20)23(39)37-21-5-2-6-22-19(21)14-36-38(22)17-4-1-3-16(12-17)26(29,30)31/h1-8,11-12,14H,9-10,13H2,(H,35,40)(H,37,39). The molecule has 0 unspecified atom stereocenters. The summed E-state index contributed by atoms with van der Waals surface area (Å²) in [6.07, 6.45) is -8.32. The fourth-order valence-electron chi connectivity index (χ4n) is 4.34. The summed E-state index contributed by atoms with van der Waals surface area (Å²) in [6, 6.07) is 13.7. The minimum absolute atomic E-state index is 0.00708. The second kappa shape index (κ2) is 9.84. The number of alkyl halides is 6. The predicted molar refractivity (Wildman–Crippen MR) is 135 cm³/mol. The van der Waals surface area contributed by atoms with Gasteiger partial charge in [-0.25, -0.2) is 4.68 Å². The van der Waals surface area contributed by atoms with Crippen molar-refractivity contribution in [3.05, 3.63) is 88.6 Å². The molecule has 208 valence electrons. The zero-order valence-corrected chi connectivity index (χ0v) is 21.1. The molecule has 5 rings (SSSR count). The van der Waals surface area contributed by atoms with Crippen LogP contribution in [-0.4, -0.2) is 27.8 Å². The topological polar surface area (TPSA) is 76.0 Å². The number of hydrogen-bond donors (Lipinski definition) is 2. The van der Waals surface area contributed by atoms with Gasteiger partial charge in [-0.05, 0) is 60.9 Å². The third-order valence-corrected chi connectivity index (χ3v) is 7.07. The Morgan fingerprint density at radius 1 is 0.975 bits per heavy atom. The summed E-state index contributed by atoms with van der Waals surface area (Å²) in [5.41, 5.74) is -1.94. The van der Waals surface area contributed by atoms with E-state index >= 15 is 0 Å². The van der Waals surface area contributed by atoms with Gasteiger partial charge in [0, 0.05) is 11.9 Å². The summed E-state index contributed by atoms with van der Waals surface area (Å²) in [7, 11) is 0. The number of fused-ring (bicyclic) bond motifs is 1. The molecule has 1 aliphatic rings. The number of amides is 2. The molecule has 6 nitrogen and oxygen atoms in total. The van der Waals surface area contributed by atoms with E-state index in [2.05, 4.69) is 15.7 Å². The van der Waals surface area contributed by atoms with Crippen LogP contribution in [0.3, 0.4) is 0 Å². The Labute approximate surface area is 227 Å². The number of anilines is 1. The van der Waals surface area contributed by atoms with E-state index in [0.29, 0.717) is 22.2 Å². The zero-order chi connectivity index (χ0) is 28.9. The minimum atomic E-state index is -4.64. The molecule has 1 fully saturated rings. The van der Waals surface area contributed by atoms with Crippen molar-refractivity contribution >= 4 is 40.0 Å². The summed E-state index contributed by atoms with van der Waals surface area (Å²) >= 11 is 6.21. The van der Waals surface area contributed by atoms with Crippen molar-refractivity contribution in [2.45, 2.75) is 31.7 Å². The Hall–Kier alpha value is -4.06. The van der Waals surface area contributed by atoms with Crippen LogP contribution in [0.15, 0.2) is 66.9 Å². The average Bonchev–Trinajstić information content (AvgIpc) is 3.62. The number of rotatable bonds is 6. The van der Waals surface area contributed by atoms with Crippen LogP contribution >= 0.6 is 11.6 Å². The van der Waals surface area contributed by atoms with E-state index in [1.54, 1.807) is 18.2 Å².